The molecule has 0 amide bonds. The van der Waals surface area contributed by atoms with Crippen LogP contribution in [0.5, 0.6) is 11.5 Å². The highest BCUT2D eigenvalue weighted by atomic mass is 16.6. The maximum atomic E-state index is 12.3. The van der Waals surface area contributed by atoms with Gasteiger partial charge in [0.2, 0.25) is 0 Å². The maximum absolute atomic E-state index is 12.3. The number of benzene rings is 2. The Kier molecular flexibility index (Phi) is 5.39. The highest BCUT2D eigenvalue weighted by molar-refractivity contribution is 5.98. The molecule has 0 saturated heterocycles. The van der Waals surface area contributed by atoms with E-state index in [4.69, 9.17) is 14.2 Å². The van der Waals surface area contributed by atoms with Crippen molar-refractivity contribution in [3.63, 3.8) is 0 Å². The molecule has 0 aliphatic rings. The van der Waals surface area contributed by atoms with E-state index in [1.54, 1.807) is 13.0 Å². The molecule has 0 spiro atoms. The summed E-state index contributed by atoms with van der Waals surface area (Å²) in [6.07, 6.45) is 0. The first-order chi connectivity index (χ1) is 13.5. The van der Waals surface area contributed by atoms with Gasteiger partial charge in [0.25, 0.3) is 0 Å². The van der Waals surface area contributed by atoms with Gasteiger partial charge in [-0.2, -0.15) is 0 Å². The van der Waals surface area contributed by atoms with Crippen LogP contribution in [0.4, 0.5) is 5.69 Å². The second-order valence-electron chi connectivity index (χ2n) is 5.95. The monoisotopic (exact) mass is 382 g/mol. The number of aromatic nitrogens is 1. The van der Waals surface area contributed by atoms with E-state index in [-0.39, 0.29) is 23.6 Å². The number of carbonyl (C=O) groups excluding carboxylic acids is 1. The Hall–Kier alpha value is -3.68. The zero-order chi connectivity index (χ0) is 20.3. The van der Waals surface area contributed by atoms with Gasteiger partial charge in [-0.25, -0.2) is 9.78 Å². The fraction of sp³-hybridized carbons (Fsp3) is 0.200. The summed E-state index contributed by atoms with van der Waals surface area (Å²) < 4.78 is 15.6. The van der Waals surface area contributed by atoms with Crippen LogP contribution in [-0.2, 0) is 11.3 Å². The van der Waals surface area contributed by atoms with E-state index in [1.165, 1.54) is 26.4 Å². The van der Waals surface area contributed by atoms with Crippen LogP contribution in [0.1, 0.15) is 21.6 Å². The number of ether oxygens (including phenoxy) is 3. The lowest BCUT2D eigenvalue weighted by atomic mass is 10.0. The molecule has 0 unspecified atom stereocenters. The summed E-state index contributed by atoms with van der Waals surface area (Å²) in [7, 11) is 2.71. The molecule has 1 aromatic heterocycles. The molecule has 8 nitrogen and oxygen atoms in total. The van der Waals surface area contributed by atoms with Crippen LogP contribution >= 0.6 is 0 Å². The molecule has 144 valence electrons. The topological polar surface area (TPSA) is 101 Å². The van der Waals surface area contributed by atoms with Gasteiger partial charge in [0, 0.05) is 5.39 Å². The van der Waals surface area contributed by atoms with Gasteiger partial charge in [-0.1, -0.05) is 18.2 Å². The molecular formula is C20H18N2O6. The molecule has 28 heavy (non-hydrogen) atoms. The Morgan fingerprint density at radius 1 is 1.18 bits per heavy atom. The zero-order valence-corrected chi connectivity index (χ0v) is 15.6. The smallest absolute Gasteiger partial charge is 0.340 e. The predicted molar refractivity (Wildman–Crippen MR) is 102 cm³/mol. The van der Waals surface area contributed by atoms with Crippen LogP contribution in [0, 0.1) is 17.0 Å². The third-order valence-electron chi connectivity index (χ3n) is 4.34. The maximum Gasteiger partial charge on any atom is 0.340 e. The number of methoxy groups -OCH3 is 2. The van der Waals surface area contributed by atoms with Crippen LogP contribution in [0.15, 0.2) is 42.5 Å². The first-order valence-electron chi connectivity index (χ1n) is 8.38. The molecule has 0 radical (unpaired) electrons. The number of hydrogen-bond acceptors (Lipinski definition) is 7. The number of nitrogens with zero attached hydrogens (tertiary/aromatic N) is 2. The summed E-state index contributed by atoms with van der Waals surface area (Å²) in [5.74, 6) is -0.151. The van der Waals surface area contributed by atoms with Crippen molar-refractivity contribution in [3.05, 3.63) is 69.4 Å². The normalized spacial score (nSPS) is 10.5. The molecule has 3 rings (SSSR count). The largest absolute Gasteiger partial charge is 0.496 e. The molecule has 0 aliphatic carbocycles. The van der Waals surface area contributed by atoms with Gasteiger partial charge in [-0.15, -0.1) is 0 Å². The Balaban J connectivity index is 2.03. The van der Waals surface area contributed by atoms with Crippen LogP contribution in [0.25, 0.3) is 10.9 Å². The summed E-state index contributed by atoms with van der Waals surface area (Å²) >= 11 is 0. The summed E-state index contributed by atoms with van der Waals surface area (Å²) in [5, 5.41) is 12.2. The minimum atomic E-state index is -0.557. The van der Waals surface area contributed by atoms with Gasteiger partial charge in [0.15, 0.2) is 5.75 Å². The van der Waals surface area contributed by atoms with Gasteiger partial charge in [-0.3, -0.25) is 10.1 Å². The molecule has 0 fully saturated rings. The highest BCUT2D eigenvalue weighted by Crippen LogP contribution is 2.32. The van der Waals surface area contributed by atoms with Crippen LogP contribution in [-0.4, -0.2) is 30.1 Å². The Morgan fingerprint density at radius 3 is 2.61 bits per heavy atom. The first-order valence-corrected chi connectivity index (χ1v) is 8.38. The molecule has 0 atom stereocenters. The van der Waals surface area contributed by atoms with E-state index >= 15 is 0 Å². The van der Waals surface area contributed by atoms with Crippen molar-refractivity contribution in [2.45, 2.75) is 13.5 Å². The molecular weight excluding hydrogens is 364 g/mol. The molecule has 8 heteroatoms. The lowest BCUT2D eigenvalue weighted by Gasteiger charge is -2.14. The lowest BCUT2D eigenvalue weighted by molar-refractivity contribution is -0.386. The van der Waals surface area contributed by atoms with E-state index in [0.717, 1.165) is 5.39 Å². The van der Waals surface area contributed by atoms with E-state index in [1.807, 2.05) is 24.3 Å². The summed E-state index contributed by atoms with van der Waals surface area (Å²) in [6.45, 7) is 1.67. The summed E-state index contributed by atoms with van der Waals surface area (Å²) in [5.41, 5.74) is 1.79. The van der Waals surface area contributed by atoms with E-state index < -0.39 is 10.9 Å². The fourth-order valence-electron chi connectivity index (χ4n) is 2.95. The van der Waals surface area contributed by atoms with E-state index in [2.05, 4.69) is 4.98 Å². The van der Waals surface area contributed by atoms with Crippen molar-refractivity contribution in [1.29, 1.82) is 0 Å². The quantitative estimate of drug-likeness (QED) is 0.363. The van der Waals surface area contributed by atoms with Gasteiger partial charge in [0.05, 0.1) is 42.0 Å². The average Bonchev–Trinajstić information content (AvgIpc) is 2.71. The van der Waals surface area contributed by atoms with Crippen molar-refractivity contribution in [1.82, 2.24) is 4.98 Å². The molecule has 2 aromatic carbocycles. The highest BCUT2D eigenvalue weighted by Gasteiger charge is 2.22. The van der Waals surface area contributed by atoms with Crippen molar-refractivity contribution >= 4 is 22.6 Å². The molecule has 0 aliphatic heterocycles. The average molecular weight is 382 g/mol. The van der Waals surface area contributed by atoms with Crippen LogP contribution in [0.2, 0.25) is 0 Å². The van der Waals surface area contributed by atoms with Gasteiger partial charge in [-0.05, 0) is 30.7 Å². The number of nitro groups is 1. The number of nitro benzene ring substituents is 1. The summed E-state index contributed by atoms with van der Waals surface area (Å²) in [4.78, 5) is 27.6. The second-order valence-corrected chi connectivity index (χ2v) is 5.95. The second kappa shape index (κ2) is 7.91. The van der Waals surface area contributed by atoms with Gasteiger partial charge >= 0.3 is 11.7 Å². The standard InChI is InChI=1S/C20H18N2O6/c1-12-14-6-4-5-7-15(14)21-16(19(12)20(23)27-3)11-28-18-9-8-13(26-2)10-17(18)22(24)25/h4-10H,11H2,1-3H3. The number of aryl methyl sites for hydroxylation is 1. The minimum Gasteiger partial charge on any atom is -0.496 e. The minimum absolute atomic E-state index is 0.0502. The SMILES string of the molecule is COC(=O)c1c(COc2ccc(OC)cc2[N+](=O)[O-])nc2ccccc2c1C. The molecule has 0 saturated carbocycles. The van der Waals surface area contributed by atoms with Crippen LogP contribution in [0.3, 0.4) is 0 Å². The van der Waals surface area contributed by atoms with Crippen molar-refractivity contribution in [2.24, 2.45) is 0 Å². The Morgan fingerprint density at radius 2 is 1.93 bits per heavy atom. The fourth-order valence-corrected chi connectivity index (χ4v) is 2.95. The van der Waals surface area contributed by atoms with Crippen molar-refractivity contribution in [2.75, 3.05) is 14.2 Å². The van der Waals surface area contributed by atoms with Crippen molar-refractivity contribution in [3.8, 4) is 11.5 Å². The van der Waals surface area contributed by atoms with E-state index in [9.17, 15) is 14.9 Å². The van der Waals surface area contributed by atoms with Gasteiger partial charge < -0.3 is 14.2 Å². The number of esters is 1. The zero-order valence-electron chi connectivity index (χ0n) is 15.6. The molecule has 3 aromatic rings. The summed E-state index contributed by atoms with van der Waals surface area (Å²) in [6, 6.07) is 11.7. The third kappa shape index (κ3) is 3.57. The first kappa shape index (κ1) is 19.1. The number of pyridine rings is 1. The number of carbonyl (C=O) groups is 1. The predicted octanol–water partition coefficient (Wildman–Crippen LogP) is 3.83. The molecule has 1 heterocycles. The number of rotatable bonds is 6. The lowest BCUT2D eigenvalue weighted by Crippen LogP contribution is -2.13. The Bertz CT molecular complexity index is 1060. The van der Waals surface area contributed by atoms with Crippen LogP contribution < -0.4 is 9.47 Å². The van der Waals surface area contributed by atoms with Gasteiger partial charge in [0.1, 0.15) is 12.4 Å². The number of para-hydroxylation sites is 1. The molecule has 0 bridgehead atoms. The van der Waals surface area contributed by atoms with Crippen molar-refractivity contribution < 1.29 is 23.9 Å². The third-order valence-corrected chi connectivity index (χ3v) is 4.34. The number of fused-ring (bicyclic) bond motifs is 1. The van der Waals surface area contributed by atoms with E-state index in [0.29, 0.717) is 22.5 Å². The number of hydrogen-bond donors (Lipinski definition) is 0. The Labute approximate surface area is 160 Å². The molecule has 0 N–H and O–H groups in total.